The Labute approximate surface area is 213 Å². The summed E-state index contributed by atoms with van der Waals surface area (Å²) in [5.41, 5.74) is 2.42. The molecule has 2 unspecified atom stereocenters. The molecule has 4 heterocycles. The smallest absolute Gasteiger partial charge is 0.266 e. The van der Waals surface area contributed by atoms with E-state index < -0.39 is 17.4 Å². The molecule has 3 aliphatic heterocycles. The van der Waals surface area contributed by atoms with E-state index in [2.05, 4.69) is 19.2 Å². The number of aromatic nitrogens is 2. The first kappa shape index (κ1) is 22.1. The third-order valence-corrected chi connectivity index (χ3v) is 8.31. The fraction of sp³-hybridized carbons (Fsp3) is 0.267. The van der Waals surface area contributed by atoms with E-state index in [0.29, 0.717) is 28.1 Å². The van der Waals surface area contributed by atoms with Crippen molar-refractivity contribution in [1.82, 2.24) is 14.9 Å². The van der Waals surface area contributed by atoms with Gasteiger partial charge in [0.25, 0.3) is 5.56 Å². The molecule has 2 fully saturated rings. The summed E-state index contributed by atoms with van der Waals surface area (Å²) in [6.07, 6.45) is 0. The lowest BCUT2D eigenvalue weighted by Gasteiger charge is -2.32. The number of nitrogens with zero attached hydrogens (tertiary/aromatic N) is 3. The lowest BCUT2D eigenvalue weighted by Crippen LogP contribution is -2.51. The van der Waals surface area contributed by atoms with Crippen LogP contribution in [0.5, 0.6) is 0 Å². The highest BCUT2D eigenvalue weighted by molar-refractivity contribution is 6.23. The van der Waals surface area contributed by atoms with Crippen molar-refractivity contribution in [2.45, 2.75) is 32.4 Å². The number of para-hydroxylation sites is 2. The van der Waals surface area contributed by atoms with E-state index in [1.165, 1.54) is 4.90 Å². The van der Waals surface area contributed by atoms with Crippen molar-refractivity contribution in [3.8, 4) is 5.69 Å². The van der Waals surface area contributed by atoms with Gasteiger partial charge >= 0.3 is 0 Å². The van der Waals surface area contributed by atoms with E-state index in [4.69, 9.17) is 4.98 Å². The maximum absolute atomic E-state index is 14.3. The monoisotopic (exact) mass is 490 g/mol. The molecular weight excluding hydrogens is 464 g/mol. The number of imide groups is 1. The molecule has 1 spiro atoms. The van der Waals surface area contributed by atoms with Crippen LogP contribution in [0.2, 0.25) is 0 Å². The van der Waals surface area contributed by atoms with Crippen molar-refractivity contribution in [3.63, 3.8) is 0 Å². The summed E-state index contributed by atoms with van der Waals surface area (Å²) in [4.78, 5) is 48.5. The molecule has 1 N–H and O–H groups in total. The maximum atomic E-state index is 14.3. The largest absolute Gasteiger partial charge is 0.296 e. The first-order chi connectivity index (χ1) is 17.8. The van der Waals surface area contributed by atoms with Crippen LogP contribution in [-0.2, 0) is 15.1 Å². The third kappa shape index (κ3) is 2.69. The molecule has 3 aromatic carbocycles. The standard InChI is InChI=1S/C30H26N4O3/c1-16(2)25-23-24(28(37)33(27(23)36)18-14-12-17(3)13-15-18)30(32-25)20-9-5-7-11-22(20)34-26(35)19-8-4-6-10-21(19)31-29(30)34/h4-16,23-25,32H,1-3H3/t23-,24-,25?,30?/m1/s1. The SMILES string of the molecule is Cc1ccc(N2C(=O)[C@H]3C(C(C)C)NC4(c5ccccc5-n5c4nc4ccccc4c5=O)[C@H]3C2=O)cc1. The van der Waals surface area contributed by atoms with Crippen LogP contribution in [0.1, 0.15) is 30.8 Å². The molecular formula is C30H26N4O3. The molecule has 4 atom stereocenters. The highest BCUT2D eigenvalue weighted by Gasteiger charge is 2.70. The van der Waals surface area contributed by atoms with E-state index in [1.54, 1.807) is 10.6 Å². The number of hydrogen-bond donors (Lipinski definition) is 1. The second-order valence-electron chi connectivity index (χ2n) is 10.7. The van der Waals surface area contributed by atoms with Gasteiger partial charge in [0.15, 0.2) is 0 Å². The number of carbonyl (C=O) groups is 2. The Hall–Kier alpha value is -4.10. The Morgan fingerprint density at radius 2 is 1.59 bits per heavy atom. The highest BCUT2D eigenvalue weighted by atomic mass is 16.2. The van der Waals surface area contributed by atoms with Gasteiger partial charge in [-0.3, -0.25) is 24.3 Å². The lowest BCUT2D eigenvalue weighted by atomic mass is 9.75. The molecule has 2 amide bonds. The Bertz CT molecular complexity index is 1690. The van der Waals surface area contributed by atoms with Crippen LogP contribution in [0.3, 0.4) is 0 Å². The van der Waals surface area contributed by atoms with Gasteiger partial charge in [-0.2, -0.15) is 0 Å². The van der Waals surface area contributed by atoms with Crippen LogP contribution < -0.4 is 15.8 Å². The van der Waals surface area contributed by atoms with E-state index in [9.17, 15) is 14.4 Å². The van der Waals surface area contributed by atoms with E-state index in [-0.39, 0.29) is 29.3 Å². The van der Waals surface area contributed by atoms with Gasteiger partial charge in [0, 0.05) is 11.6 Å². The zero-order chi connectivity index (χ0) is 25.6. The van der Waals surface area contributed by atoms with E-state index in [1.807, 2.05) is 73.7 Å². The summed E-state index contributed by atoms with van der Waals surface area (Å²) in [7, 11) is 0. The van der Waals surface area contributed by atoms with Crippen LogP contribution >= 0.6 is 0 Å². The molecule has 2 saturated heterocycles. The predicted molar refractivity (Wildman–Crippen MR) is 141 cm³/mol. The fourth-order valence-electron chi connectivity index (χ4n) is 6.67. The number of carbonyl (C=O) groups excluding carboxylic acids is 2. The van der Waals surface area contributed by atoms with Gasteiger partial charge < -0.3 is 0 Å². The van der Waals surface area contributed by atoms with Gasteiger partial charge in [-0.05, 0) is 43.2 Å². The molecule has 0 bridgehead atoms. The molecule has 3 aliphatic rings. The minimum Gasteiger partial charge on any atom is -0.296 e. The second-order valence-corrected chi connectivity index (χ2v) is 10.7. The summed E-state index contributed by atoms with van der Waals surface area (Å²) in [5, 5.41) is 4.24. The van der Waals surface area contributed by atoms with Gasteiger partial charge in [-0.15, -0.1) is 0 Å². The Morgan fingerprint density at radius 1 is 0.892 bits per heavy atom. The molecule has 7 rings (SSSR count). The summed E-state index contributed by atoms with van der Waals surface area (Å²) >= 11 is 0. The molecule has 0 saturated carbocycles. The average molecular weight is 491 g/mol. The van der Waals surface area contributed by atoms with Crippen molar-refractivity contribution in [2.75, 3.05) is 4.90 Å². The molecule has 1 aromatic heterocycles. The number of aryl methyl sites for hydroxylation is 1. The topological polar surface area (TPSA) is 84.3 Å². The minimum absolute atomic E-state index is 0.0648. The van der Waals surface area contributed by atoms with Crippen LogP contribution in [-0.4, -0.2) is 27.4 Å². The number of hydrogen-bond acceptors (Lipinski definition) is 5. The first-order valence-electron chi connectivity index (χ1n) is 12.7. The van der Waals surface area contributed by atoms with E-state index >= 15 is 0 Å². The van der Waals surface area contributed by atoms with Crippen LogP contribution in [0, 0.1) is 24.7 Å². The zero-order valence-electron chi connectivity index (χ0n) is 20.8. The third-order valence-electron chi connectivity index (χ3n) is 8.31. The number of nitrogens with one attached hydrogen (secondary N) is 1. The minimum atomic E-state index is -1.11. The van der Waals surface area contributed by atoms with Crippen molar-refractivity contribution in [1.29, 1.82) is 0 Å². The predicted octanol–water partition coefficient (Wildman–Crippen LogP) is 3.68. The first-order valence-corrected chi connectivity index (χ1v) is 12.7. The summed E-state index contributed by atoms with van der Waals surface area (Å²) in [6, 6.07) is 22.1. The number of anilines is 1. The summed E-state index contributed by atoms with van der Waals surface area (Å²) < 4.78 is 1.64. The summed E-state index contributed by atoms with van der Waals surface area (Å²) in [6.45, 7) is 6.09. The Kier molecular flexibility index (Phi) is 4.46. The van der Waals surface area contributed by atoms with Gasteiger partial charge in [0.05, 0.1) is 34.1 Å². The molecule has 0 aliphatic carbocycles. The number of fused-ring (bicyclic) bond motifs is 8. The zero-order valence-corrected chi connectivity index (χ0v) is 20.8. The van der Waals surface area contributed by atoms with Crippen molar-refractivity contribution < 1.29 is 9.59 Å². The Morgan fingerprint density at radius 3 is 2.35 bits per heavy atom. The van der Waals surface area contributed by atoms with Crippen molar-refractivity contribution >= 4 is 28.4 Å². The summed E-state index contributed by atoms with van der Waals surface area (Å²) in [5.74, 6) is -1.26. The molecule has 184 valence electrons. The van der Waals surface area contributed by atoms with E-state index in [0.717, 1.165) is 11.1 Å². The molecule has 4 aromatic rings. The second kappa shape index (κ2) is 7.46. The lowest BCUT2D eigenvalue weighted by molar-refractivity contribution is -0.123. The van der Waals surface area contributed by atoms with Crippen LogP contribution in [0.25, 0.3) is 16.6 Å². The Balaban J connectivity index is 1.53. The number of rotatable bonds is 2. The van der Waals surface area contributed by atoms with Crippen LogP contribution in [0.15, 0.2) is 77.6 Å². The van der Waals surface area contributed by atoms with Crippen molar-refractivity contribution in [2.24, 2.45) is 17.8 Å². The van der Waals surface area contributed by atoms with Crippen molar-refractivity contribution in [3.05, 3.63) is 100 Å². The molecule has 37 heavy (non-hydrogen) atoms. The maximum Gasteiger partial charge on any atom is 0.266 e. The number of benzene rings is 3. The molecule has 0 radical (unpaired) electrons. The molecule has 7 nitrogen and oxygen atoms in total. The fourth-order valence-corrected chi connectivity index (χ4v) is 6.67. The highest BCUT2D eigenvalue weighted by Crippen LogP contribution is 2.56. The molecule has 7 heteroatoms. The van der Waals surface area contributed by atoms with Gasteiger partial charge in [0.2, 0.25) is 11.8 Å². The normalized spacial score (nSPS) is 25.8. The van der Waals surface area contributed by atoms with Gasteiger partial charge in [-0.25, -0.2) is 9.88 Å². The number of amides is 2. The van der Waals surface area contributed by atoms with Crippen LogP contribution in [0.4, 0.5) is 5.69 Å². The quantitative estimate of drug-likeness (QED) is 0.434. The van der Waals surface area contributed by atoms with Gasteiger partial charge in [0.1, 0.15) is 11.4 Å². The average Bonchev–Trinajstić information content (AvgIpc) is 3.49. The van der Waals surface area contributed by atoms with Gasteiger partial charge in [-0.1, -0.05) is 61.9 Å².